The zero-order chi connectivity index (χ0) is 16.8. The first-order valence-corrected chi connectivity index (χ1v) is 8.93. The van der Waals surface area contributed by atoms with E-state index in [2.05, 4.69) is 27.8 Å². The van der Waals surface area contributed by atoms with Gasteiger partial charge < -0.3 is 9.47 Å². The van der Waals surface area contributed by atoms with Crippen LogP contribution in [-0.2, 0) is 11.2 Å². The summed E-state index contributed by atoms with van der Waals surface area (Å²) in [5, 5.41) is 0. The molecule has 1 amide bonds. The number of para-hydroxylation sites is 2. The van der Waals surface area contributed by atoms with Crippen molar-refractivity contribution in [3.8, 4) is 0 Å². The van der Waals surface area contributed by atoms with E-state index in [1.165, 1.54) is 24.2 Å². The summed E-state index contributed by atoms with van der Waals surface area (Å²) < 4.78 is 2.39. The number of imidazole rings is 1. The zero-order valence-corrected chi connectivity index (χ0v) is 14.0. The van der Waals surface area contributed by atoms with Gasteiger partial charge in [-0.3, -0.25) is 9.78 Å². The zero-order valence-electron chi connectivity index (χ0n) is 14.0. The smallest absolute Gasteiger partial charge is 0.227 e. The monoisotopic (exact) mass is 332 g/mol. The van der Waals surface area contributed by atoms with Crippen molar-refractivity contribution in [1.29, 1.82) is 0 Å². The van der Waals surface area contributed by atoms with Gasteiger partial charge in [0.05, 0.1) is 23.5 Å². The summed E-state index contributed by atoms with van der Waals surface area (Å²) in [5.41, 5.74) is 3.25. The molecule has 5 rings (SSSR count). The summed E-state index contributed by atoms with van der Waals surface area (Å²) in [4.78, 5) is 23.4. The molecular weight excluding hydrogens is 312 g/mol. The van der Waals surface area contributed by atoms with Crippen LogP contribution >= 0.6 is 0 Å². The third kappa shape index (κ3) is 2.60. The maximum Gasteiger partial charge on any atom is 0.227 e. The molecule has 2 aromatic heterocycles. The molecule has 2 aliphatic rings. The standard InChI is InChI=1S/C20H20N4O/c25-19(10-14-4-3-9-21-11-14)23-12-16(13-23)24-18-6-2-1-5-17(18)22-20(24)15-7-8-15/h1-6,9,11,15-16H,7-8,10,12-13H2. The average Bonchev–Trinajstić information content (AvgIpc) is 3.37. The van der Waals surface area contributed by atoms with Gasteiger partial charge >= 0.3 is 0 Å². The molecule has 5 nitrogen and oxygen atoms in total. The number of rotatable bonds is 4. The van der Waals surface area contributed by atoms with Crippen molar-refractivity contribution >= 4 is 16.9 Å². The van der Waals surface area contributed by atoms with Gasteiger partial charge in [0, 0.05) is 31.4 Å². The summed E-state index contributed by atoms with van der Waals surface area (Å²) in [6.07, 6.45) is 6.40. The van der Waals surface area contributed by atoms with Crippen LogP contribution in [0.15, 0.2) is 48.8 Å². The molecule has 0 atom stereocenters. The molecule has 126 valence electrons. The molecule has 0 N–H and O–H groups in total. The molecule has 1 saturated heterocycles. The Kier molecular flexibility index (Phi) is 3.33. The van der Waals surface area contributed by atoms with E-state index in [1.807, 2.05) is 23.1 Å². The molecule has 1 aliphatic heterocycles. The Hall–Kier alpha value is -2.69. The topological polar surface area (TPSA) is 51.0 Å². The van der Waals surface area contributed by atoms with E-state index >= 15 is 0 Å². The maximum atomic E-state index is 12.5. The molecule has 1 saturated carbocycles. The molecule has 0 unspecified atom stereocenters. The maximum absolute atomic E-state index is 12.5. The lowest BCUT2D eigenvalue weighted by molar-refractivity contribution is -0.136. The van der Waals surface area contributed by atoms with Crippen molar-refractivity contribution in [3.05, 3.63) is 60.2 Å². The Balaban J connectivity index is 1.34. The van der Waals surface area contributed by atoms with Crippen molar-refractivity contribution in [2.75, 3.05) is 13.1 Å². The number of nitrogens with zero attached hydrogens (tertiary/aromatic N) is 4. The van der Waals surface area contributed by atoms with E-state index < -0.39 is 0 Å². The normalized spacial score (nSPS) is 17.7. The first-order valence-electron chi connectivity index (χ1n) is 8.93. The molecule has 5 heteroatoms. The number of likely N-dealkylation sites (tertiary alicyclic amines) is 1. The highest BCUT2D eigenvalue weighted by Crippen LogP contribution is 2.42. The van der Waals surface area contributed by atoms with Crippen LogP contribution in [0.4, 0.5) is 0 Å². The van der Waals surface area contributed by atoms with Crippen molar-refractivity contribution in [2.45, 2.75) is 31.2 Å². The largest absolute Gasteiger partial charge is 0.338 e. The number of pyridine rings is 1. The molecule has 2 fully saturated rings. The third-order valence-corrected chi connectivity index (χ3v) is 5.22. The first kappa shape index (κ1) is 14.6. The number of hydrogen-bond donors (Lipinski definition) is 0. The summed E-state index contributed by atoms with van der Waals surface area (Å²) in [6, 6.07) is 12.5. The van der Waals surface area contributed by atoms with Gasteiger partial charge in [0.1, 0.15) is 5.82 Å². The van der Waals surface area contributed by atoms with Gasteiger partial charge in [0.15, 0.2) is 0 Å². The Bertz CT molecular complexity index is 923. The summed E-state index contributed by atoms with van der Waals surface area (Å²) >= 11 is 0. The highest BCUT2D eigenvalue weighted by molar-refractivity contribution is 5.80. The molecule has 1 aliphatic carbocycles. The highest BCUT2D eigenvalue weighted by atomic mass is 16.2. The Morgan fingerprint density at radius 2 is 1.96 bits per heavy atom. The number of fused-ring (bicyclic) bond motifs is 1. The second-order valence-corrected chi connectivity index (χ2v) is 7.09. The van der Waals surface area contributed by atoms with Gasteiger partial charge in [-0.05, 0) is 36.6 Å². The molecule has 1 aromatic carbocycles. The van der Waals surface area contributed by atoms with E-state index in [1.54, 1.807) is 12.4 Å². The second-order valence-electron chi connectivity index (χ2n) is 7.09. The Labute approximate surface area is 146 Å². The van der Waals surface area contributed by atoms with Crippen LogP contribution in [0.3, 0.4) is 0 Å². The Morgan fingerprint density at radius 1 is 1.12 bits per heavy atom. The van der Waals surface area contributed by atoms with Crippen LogP contribution < -0.4 is 0 Å². The van der Waals surface area contributed by atoms with Gasteiger partial charge in [-0.25, -0.2) is 4.98 Å². The van der Waals surface area contributed by atoms with Crippen LogP contribution in [0.25, 0.3) is 11.0 Å². The van der Waals surface area contributed by atoms with Gasteiger partial charge in [-0.2, -0.15) is 0 Å². The van der Waals surface area contributed by atoms with Gasteiger partial charge in [-0.15, -0.1) is 0 Å². The molecule has 0 spiro atoms. The first-order chi connectivity index (χ1) is 12.3. The minimum Gasteiger partial charge on any atom is -0.338 e. The van der Waals surface area contributed by atoms with Crippen molar-refractivity contribution < 1.29 is 4.79 Å². The van der Waals surface area contributed by atoms with E-state index in [4.69, 9.17) is 4.98 Å². The fourth-order valence-corrected chi connectivity index (χ4v) is 3.69. The van der Waals surface area contributed by atoms with Crippen LogP contribution in [0.1, 0.15) is 36.2 Å². The Morgan fingerprint density at radius 3 is 2.72 bits per heavy atom. The number of carbonyl (C=O) groups is 1. The van der Waals surface area contributed by atoms with Gasteiger partial charge in [-0.1, -0.05) is 18.2 Å². The van der Waals surface area contributed by atoms with Gasteiger partial charge in [0.25, 0.3) is 0 Å². The molecule has 3 heterocycles. The second kappa shape index (κ2) is 5.69. The summed E-state index contributed by atoms with van der Waals surface area (Å²) in [7, 11) is 0. The molecule has 0 radical (unpaired) electrons. The minimum atomic E-state index is 0.182. The predicted molar refractivity (Wildman–Crippen MR) is 95.3 cm³/mol. The average molecular weight is 332 g/mol. The quantitative estimate of drug-likeness (QED) is 0.738. The van der Waals surface area contributed by atoms with Crippen LogP contribution in [-0.4, -0.2) is 38.4 Å². The number of aromatic nitrogens is 3. The van der Waals surface area contributed by atoms with Gasteiger partial charge in [0.2, 0.25) is 5.91 Å². The predicted octanol–water partition coefficient (Wildman–Crippen LogP) is 2.93. The van der Waals surface area contributed by atoms with Crippen LogP contribution in [0.5, 0.6) is 0 Å². The minimum absolute atomic E-state index is 0.182. The summed E-state index contributed by atoms with van der Waals surface area (Å²) in [6.45, 7) is 1.55. The SMILES string of the molecule is O=C(Cc1cccnc1)N1CC(n2c(C3CC3)nc3ccccc32)C1. The fraction of sp³-hybridized carbons (Fsp3) is 0.350. The number of amides is 1. The molecule has 0 bridgehead atoms. The van der Waals surface area contributed by atoms with Crippen molar-refractivity contribution in [2.24, 2.45) is 0 Å². The highest BCUT2D eigenvalue weighted by Gasteiger charge is 2.37. The van der Waals surface area contributed by atoms with Crippen LogP contribution in [0.2, 0.25) is 0 Å². The van der Waals surface area contributed by atoms with E-state index in [0.29, 0.717) is 18.4 Å². The molecule has 3 aromatic rings. The van der Waals surface area contributed by atoms with E-state index in [9.17, 15) is 4.79 Å². The lowest BCUT2D eigenvalue weighted by Gasteiger charge is -2.41. The van der Waals surface area contributed by atoms with E-state index in [0.717, 1.165) is 24.2 Å². The fourth-order valence-electron chi connectivity index (χ4n) is 3.69. The lowest BCUT2D eigenvalue weighted by atomic mass is 10.1. The number of benzene rings is 1. The summed E-state index contributed by atoms with van der Waals surface area (Å²) in [5.74, 6) is 2.00. The van der Waals surface area contributed by atoms with E-state index in [-0.39, 0.29) is 5.91 Å². The van der Waals surface area contributed by atoms with Crippen molar-refractivity contribution in [3.63, 3.8) is 0 Å². The van der Waals surface area contributed by atoms with Crippen molar-refractivity contribution in [1.82, 2.24) is 19.4 Å². The molecular formula is C20H20N4O. The lowest BCUT2D eigenvalue weighted by Crippen LogP contribution is -2.51. The number of hydrogen-bond acceptors (Lipinski definition) is 3. The number of carbonyl (C=O) groups excluding carboxylic acids is 1. The van der Waals surface area contributed by atoms with Crippen LogP contribution in [0, 0.1) is 0 Å². The molecule has 25 heavy (non-hydrogen) atoms. The third-order valence-electron chi connectivity index (χ3n) is 5.22.